The largest absolute Gasteiger partial charge is 0.480 e. The lowest BCUT2D eigenvalue weighted by Gasteiger charge is -2.20. The molecule has 1 aliphatic heterocycles. The SMILES string of the molecule is COc1ncccc1Nc1cc2nc3ccccc3n(-c3ccc(F)c(F)c3)c-2c/c1=N\C1CC1. The van der Waals surface area contributed by atoms with Crippen molar-refractivity contribution in [1.82, 2.24) is 14.5 Å². The minimum atomic E-state index is -0.908. The molecular formula is C27H21F2N5O. The van der Waals surface area contributed by atoms with Crippen LogP contribution in [0.5, 0.6) is 5.88 Å². The van der Waals surface area contributed by atoms with E-state index in [-0.39, 0.29) is 6.04 Å². The van der Waals surface area contributed by atoms with Gasteiger partial charge >= 0.3 is 0 Å². The summed E-state index contributed by atoms with van der Waals surface area (Å²) in [6, 6.07) is 19.3. The molecule has 0 atom stereocenters. The van der Waals surface area contributed by atoms with Crippen LogP contribution in [0.25, 0.3) is 28.1 Å². The van der Waals surface area contributed by atoms with E-state index in [0.717, 1.165) is 46.7 Å². The number of fused-ring (bicyclic) bond motifs is 2. The summed E-state index contributed by atoms with van der Waals surface area (Å²) in [4.78, 5) is 14.1. The number of para-hydroxylation sites is 2. The van der Waals surface area contributed by atoms with Gasteiger partial charge in [0.1, 0.15) is 5.69 Å². The van der Waals surface area contributed by atoms with Gasteiger partial charge < -0.3 is 14.6 Å². The van der Waals surface area contributed by atoms with Gasteiger partial charge in [-0.3, -0.25) is 4.99 Å². The van der Waals surface area contributed by atoms with Crippen molar-refractivity contribution in [3.63, 3.8) is 0 Å². The standard InChI is InChI=1S/C27H21F2N5O/c1-35-27-21(6-4-12-30-27)33-22-14-24-26(15-23(22)31-16-8-9-16)34(17-10-11-18(28)19(29)13-17)25-7-3-2-5-20(25)32-24/h2-7,10-16,33H,8-9H2,1H3/b31-23+. The molecule has 3 aliphatic rings. The van der Waals surface area contributed by atoms with Gasteiger partial charge in [0.15, 0.2) is 11.6 Å². The number of nitrogens with one attached hydrogen (secondary N) is 1. The molecule has 0 saturated heterocycles. The van der Waals surface area contributed by atoms with Crippen LogP contribution in [0.15, 0.2) is 77.9 Å². The van der Waals surface area contributed by atoms with Crippen LogP contribution in [0.1, 0.15) is 12.8 Å². The third-order valence-corrected chi connectivity index (χ3v) is 5.96. The van der Waals surface area contributed by atoms with Crippen molar-refractivity contribution in [2.24, 2.45) is 4.99 Å². The molecule has 6 nitrogen and oxygen atoms in total. The van der Waals surface area contributed by atoms with Gasteiger partial charge in [0, 0.05) is 18.0 Å². The average Bonchev–Trinajstić information content (AvgIpc) is 3.69. The molecule has 1 N–H and O–H groups in total. The second kappa shape index (κ2) is 8.47. The van der Waals surface area contributed by atoms with Crippen molar-refractivity contribution in [3.05, 3.63) is 89.9 Å². The van der Waals surface area contributed by atoms with Crippen LogP contribution >= 0.6 is 0 Å². The van der Waals surface area contributed by atoms with Crippen molar-refractivity contribution in [3.8, 4) is 23.0 Å². The molecule has 35 heavy (non-hydrogen) atoms. The van der Waals surface area contributed by atoms with Gasteiger partial charge in [-0.1, -0.05) is 12.1 Å². The van der Waals surface area contributed by atoms with E-state index >= 15 is 0 Å². The van der Waals surface area contributed by atoms with Gasteiger partial charge in [-0.2, -0.15) is 0 Å². The van der Waals surface area contributed by atoms with Crippen molar-refractivity contribution in [1.29, 1.82) is 0 Å². The molecule has 2 heterocycles. The predicted molar refractivity (Wildman–Crippen MR) is 130 cm³/mol. The molecule has 0 amide bonds. The number of hydrogen-bond donors (Lipinski definition) is 1. The summed E-state index contributed by atoms with van der Waals surface area (Å²) < 4.78 is 35.3. The zero-order valence-corrected chi connectivity index (χ0v) is 18.9. The van der Waals surface area contributed by atoms with Crippen LogP contribution in [0.4, 0.5) is 20.2 Å². The van der Waals surface area contributed by atoms with Crippen LogP contribution in [-0.4, -0.2) is 27.7 Å². The fourth-order valence-electron chi connectivity index (χ4n) is 4.15. The summed E-state index contributed by atoms with van der Waals surface area (Å²) >= 11 is 0. The van der Waals surface area contributed by atoms with Gasteiger partial charge in [-0.15, -0.1) is 0 Å². The number of hydrogen-bond acceptors (Lipinski definition) is 5. The third-order valence-electron chi connectivity index (χ3n) is 5.96. The van der Waals surface area contributed by atoms with Gasteiger partial charge in [0.05, 0.1) is 46.6 Å². The molecular weight excluding hydrogens is 448 g/mol. The maximum absolute atomic E-state index is 14.3. The van der Waals surface area contributed by atoms with Gasteiger partial charge in [-0.25, -0.2) is 18.7 Å². The second-order valence-electron chi connectivity index (χ2n) is 8.44. The number of pyridine rings is 1. The topological polar surface area (TPSA) is 64.3 Å². The number of aromatic nitrogens is 3. The van der Waals surface area contributed by atoms with Crippen molar-refractivity contribution >= 4 is 22.4 Å². The van der Waals surface area contributed by atoms with Crippen LogP contribution in [0, 0.1) is 11.6 Å². The minimum Gasteiger partial charge on any atom is -0.480 e. The van der Waals surface area contributed by atoms with Crippen LogP contribution in [-0.2, 0) is 0 Å². The van der Waals surface area contributed by atoms with Crippen molar-refractivity contribution in [2.45, 2.75) is 18.9 Å². The molecule has 174 valence electrons. The first-order valence-corrected chi connectivity index (χ1v) is 11.3. The van der Waals surface area contributed by atoms with E-state index in [2.05, 4.69) is 10.3 Å². The Bertz CT molecular complexity index is 1610. The van der Waals surface area contributed by atoms with E-state index in [1.165, 1.54) is 6.07 Å². The van der Waals surface area contributed by atoms with Crippen LogP contribution < -0.4 is 15.4 Å². The lowest BCUT2D eigenvalue weighted by atomic mass is 10.1. The van der Waals surface area contributed by atoms with E-state index in [9.17, 15) is 8.78 Å². The Hall–Kier alpha value is -4.33. The first-order valence-electron chi connectivity index (χ1n) is 11.3. The number of halogens is 2. The molecule has 1 fully saturated rings. The number of methoxy groups -OCH3 is 1. The Kier molecular flexibility index (Phi) is 5.13. The number of anilines is 2. The molecule has 1 aromatic heterocycles. The monoisotopic (exact) mass is 469 g/mol. The van der Waals surface area contributed by atoms with Crippen LogP contribution in [0.3, 0.4) is 0 Å². The first kappa shape index (κ1) is 21.2. The highest BCUT2D eigenvalue weighted by Gasteiger charge is 2.22. The zero-order valence-electron chi connectivity index (χ0n) is 18.9. The van der Waals surface area contributed by atoms with E-state index in [4.69, 9.17) is 14.7 Å². The quantitative estimate of drug-likeness (QED) is 0.340. The van der Waals surface area contributed by atoms with Gasteiger partial charge in [-0.05, 0) is 61.4 Å². The first-order chi connectivity index (χ1) is 17.1. The second-order valence-corrected chi connectivity index (χ2v) is 8.44. The van der Waals surface area contributed by atoms with E-state index in [0.29, 0.717) is 22.9 Å². The zero-order chi connectivity index (χ0) is 23.9. The third kappa shape index (κ3) is 3.97. The van der Waals surface area contributed by atoms with E-state index < -0.39 is 11.6 Å². The summed E-state index contributed by atoms with van der Waals surface area (Å²) in [6.07, 6.45) is 3.73. The van der Waals surface area contributed by atoms with E-state index in [1.807, 2.05) is 53.1 Å². The summed E-state index contributed by atoms with van der Waals surface area (Å²) in [5.41, 5.74) is 4.87. The number of ether oxygens (including phenoxy) is 1. The summed E-state index contributed by atoms with van der Waals surface area (Å²) in [7, 11) is 1.57. The molecule has 2 aliphatic carbocycles. The Morgan fingerprint density at radius 3 is 2.63 bits per heavy atom. The van der Waals surface area contributed by atoms with Gasteiger partial charge in [0.25, 0.3) is 0 Å². The highest BCUT2D eigenvalue weighted by molar-refractivity contribution is 5.84. The molecule has 1 saturated carbocycles. The minimum absolute atomic E-state index is 0.258. The fraction of sp³-hybridized carbons (Fsp3) is 0.148. The fourth-order valence-corrected chi connectivity index (χ4v) is 4.15. The Balaban J connectivity index is 1.64. The Labute approximate surface area is 199 Å². The normalized spacial score (nSPS) is 14.0. The van der Waals surface area contributed by atoms with Crippen LogP contribution in [0.2, 0.25) is 0 Å². The lowest BCUT2D eigenvalue weighted by Crippen LogP contribution is -2.16. The molecule has 2 aromatic carbocycles. The lowest BCUT2D eigenvalue weighted by molar-refractivity contribution is 0.400. The molecule has 0 spiro atoms. The highest BCUT2D eigenvalue weighted by atomic mass is 19.2. The number of nitrogens with zero attached hydrogens (tertiary/aromatic N) is 4. The Morgan fingerprint density at radius 2 is 1.83 bits per heavy atom. The molecule has 3 aromatic rings. The van der Waals surface area contributed by atoms with Gasteiger partial charge in [0.2, 0.25) is 5.88 Å². The smallest absolute Gasteiger partial charge is 0.237 e. The maximum atomic E-state index is 14.3. The van der Waals surface area contributed by atoms with E-state index in [1.54, 1.807) is 19.4 Å². The molecule has 0 unspecified atom stereocenters. The molecule has 0 bridgehead atoms. The molecule has 0 radical (unpaired) electrons. The average molecular weight is 469 g/mol. The molecule has 6 rings (SSSR count). The predicted octanol–water partition coefficient (Wildman–Crippen LogP) is 5.62. The summed E-state index contributed by atoms with van der Waals surface area (Å²) in [5, 5.41) is 4.15. The summed E-state index contributed by atoms with van der Waals surface area (Å²) in [6.45, 7) is 0. The van der Waals surface area contributed by atoms with Crippen molar-refractivity contribution < 1.29 is 13.5 Å². The molecule has 8 heteroatoms. The number of benzene rings is 3. The highest BCUT2D eigenvalue weighted by Crippen LogP contribution is 2.32. The maximum Gasteiger partial charge on any atom is 0.237 e. The Morgan fingerprint density at radius 1 is 0.971 bits per heavy atom. The van der Waals surface area contributed by atoms with Crippen molar-refractivity contribution in [2.75, 3.05) is 12.4 Å². The summed E-state index contributed by atoms with van der Waals surface area (Å²) in [5.74, 6) is -1.33. The number of rotatable bonds is 5.